The number of aromatic nitrogens is 3. The smallest absolute Gasteiger partial charge is 0.209 e. The first-order chi connectivity index (χ1) is 14.2. The number of aliphatic imine (C=N–C) groups is 1. The normalized spacial score (nSPS) is 12.4. The molecule has 148 valence electrons. The van der Waals surface area contributed by atoms with Crippen LogP contribution in [0.4, 0.5) is 0 Å². The fraction of sp³-hybridized carbons (Fsp3) is 0.227. The third-order valence-corrected chi connectivity index (χ3v) is 4.96. The van der Waals surface area contributed by atoms with E-state index >= 15 is 0 Å². The second-order valence-electron chi connectivity index (χ2n) is 6.98. The fourth-order valence-corrected chi connectivity index (χ4v) is 3.50. The molecule has 0 aliphatic carbocycles. The van der Waals surface area contributed by atoms with Gasteiger partial charge in [-0.1, -0.05) is 36.4 Å². The quantitative estimate of drug-likeness (QED) is 0.196. The van der Waals surface area contributed by atoms with E-state index in [0.29, 0.717) is 12.5 Å². The molecule has 29 heavy (non-hydrogen) atoms. The Morgan fingerprint density at radius 1 is 1.14 bits per heavy atom. The molecule has 7 nitrogen and oxygen atoms in total. The molecule has 2 heterocycles. The standard InChI is InChI=1S/C22H25N7/c1-29-21-12-5-3-10-18(21)20(28-29)15-26-27-22(23)24-13-7-6-8-16-14-25-19-11-4-2-9-17(16)19/h2-5,9-12,14-15,25H,6-8,13H2,1H3,(H3,23,24,27)/b26-15+. The van der Waals surface area contributed by atoms with E-state index in [2.05, 4.69) is 50.0 Å². The van der Waals surface area contributed by atoms with Gasteiger partial charge in [0.25, 0.3) is 0 Å². The monoisotopic (exact) mass is 387 g/mol. The third-order valence-electron chi connectivity index (χ3n) is 4.96. The van der Waals surface area contributed by atoms with Crippen LogP contribution in [0.1, 0.15) is 24.1 Å². The maximum atomic E-state index is 5.90. The van der Waals surface area contributed by atoms with Gasteiger partial charge in [0.2, 0.25) is 5.96 Å². The molecule has 0 spiro atoms. The lowest BCUT2D eigenvalue weighted by atomic mass is 10.1. The average molecular weight is 387 g/mol. The number of hydrazone groups is 1. The van der Waals surface area contributed by atoms with E-state index in [-0.39, 0.29) is 0 Å². The van der Waals surface area contributed by atoms with Crippen LogP contribution in [-0.2, 0) is 13.5 Å². The number of aryl methyl sites for hydroxylation is 2. The number of para-hydroxylation sites is 2. The number of hydrogen-bond donors (Lipinski definition) is 3. The molecule has 0 bridgehead atoms. The lowest BCUT2D eigenvalue weighted by Crippen LogP contribution is -2.27. The summed E-state index contributed by atoms with van der Waals surface area (Å²) in [7, 11) is 1.92. The van der Waals surface area contributed by atoms with Crippen LogP contribution in [0.25, 0.3) is 21.8 Å². The number of nitrogens with one attached hydrogen (secondary N) is 2. The van der Waals surface area contributed by atoms with Gasteiger partial charge in [0.05, 0.1) is 11.7 Å². The van der Waals surface area contributed by atoms with E-state index in [1.54, 1.807) is 6.21 Å². The summed E-state index contributed by atoms with van der Waals surface area (Å²) in [6.07, 6.45) is 6.82. The maximum absolute atomic E-state index is 5.90. The summed E-state index contributed by atoms with van der Waals surface area (Å²) in [6.45, 7) is 0.670. The predicted octanol–water partition coefficient (Wildman–Crippen LogP) is 3.32. The van der Waals surface area contributed by atoms with Crippen LogP contribution in [-0.4, -0.2) is 33.5 Å². The Bertz CT molecular complexity index is 1170. The van der Waals surface area contributed by atoms with E-state index in [4.69, 9.17) is 5.73 Å². The van der Waals surface area contributed by atoms with Crippen molar-refractivity contribution in [2.45, 2.75) is 19.3 Å². The number of fused-ring (bicyclic) bond motifs is 2. The number of nitrogens with two attached hydrogens (primary N) is 1. The zero-order valence-corrected chi connectivity index (χ0v) is 16.5. The number of guanidine groups is 1. The number of benzene rings is 2. The first-order valence-electron chi connectivity index (χ1n) is 9.78. The number of aromatic amines is 1. The van der Waals surface area contributed by atoms with Crippen LogP contribution in [0.15, 0.2) is 64.8 Å². The number of nitrogens with zero attached hydrogens (tertiary/aromatic N) is 4. The van der Waals surface area contributed by atoms with Gasteiger partial charge in [0.15, 0.2) is 0 Å². The highest BCUT2D eigenvalue weighted by Gasteiger charge is 2.05. The van der Waals surface area contributed by atoms with E-state index in [1.807, 2.05) is 42.1 Å². The Labute approximate surface area is 169 Å². The highest BCUT2D eigenvalue weighted by Crippen LogP contribution is 2.19. The molecule has 0 radical (unpaired) electrons. The van der Waals surface area contributed by atoms with Crippen molar-refractivity contribution in [2.24, 2.45) is 22.9 Å². The molecule has 0 amide bonds. The minimum Gasteiger partial charge on any atom is -0.369 e. The molecule has 7 heteroatoms. The second-order valence-corrected chi connectivity index (χ2v) is 6.98. The van der Waals surface area contributed by atoms with Crippen molar-refractivity contribution in [3.63, 3.8) is 0 Å². The molecule has 0 aliphatic heterocycles. The molecule has 0 fully saturated rings. The summed E-state index contributed by atoms with van der Waals surface area (Å²) in [5.74, 6) is 0.314. The maximum Gasteiger partial charge on any atom is 0.209 e. The molecule has 0 aliphatic rings. The predicted molar refractivity (Wildman–Crippen MR) is 119 cm³/mol. The van der Waals surface area contributed by atoms with Crippen LogP contribution in [0, 0.1) is 0 Å². The summed E-state index contributed by atoms with van der Waals surface area (Å²) in [6, 6.07) is 16.4. The minimum atomic E-state index is 0.314. The van der Waals surface area contributed by atoms with Crippen LogP contribution in [0.5, 0.6) is 0 Å². The van der Waals surface area contributed by atoms with Crippen molar-refractivity contribution in [3.8, 4) is 0 Å². The van der Waals surface area contributed by atoms with Crippen molar-refractivity contribution in [1.29, 1.82) is 0 Å². The van der Waals surface area contributed by atoms with Crippen molar-refractivity contribution < 1.29 is 0 Å². The first kappa shape index (κ1) is 18.7. The highest BCUT2D eigenvalue weighted by molar-refractivity contribution is 5.97. The third kappa shape index (κ3) is 4.29. The highest BCUT2D eigenvalue weighted by atomic mass is 15.4. The Kier molecular flexibility index (Phi) is 5.56. The molecule has 0 saturated heterocycles. The van der Waals surface area contributed by atoms with Crippen LogP contribution in [0.3, 0.4) is 0 Å². The molecule has 0 unspecified atom stereocenters. The van der Waals surface area contributed by atoms with E-state index in [9.17, 15) is 0 Å². The molecule has 4 N–H and O–H groups in total. The Balaban J connectivity index is 1.24. The Morgan fingerprint density at radius 3 is 2.83 bits per heavy atom. The van der Waals surface area contributed by atoms with Gasteiger partial charge in [-0.3, -0.25) is 9.67 Å². The van der Waals surface area contributed by atoms with Gasteiger partial charge < -0.3 is 10.7 Å². The Hall–Kier alpha value is -3.61. The molecular formula is C22H25N7. The molecule has 0 saturated carbocycles. The van der Waals surface area contributed by atoms with Crippen molar-refractivity contribution in [1.82, 2.24) is 20.2 Å². The van der Waals surface area contributed by atoms with Crippen LogP contribution in [0.2, 0.25) is 0 Å². The van der Waals surface area contributed by atoms with Gasteiger partial charge in [-0.25, -0.2) is 5.43 Å². The summed E-state index contributed by atoms with van der Waals surface area (Å²) in [5, 5.41) is 11.0. The number of H-pyrrole nitrogens is 1. The zero-order valence-electron chi connectivity index (χ0n) is 16.5. The zero-order chi connectivity index (χ0) is 20.1. The first-order valence-corrected chi connectivity index (χ1v) is 9.78. The second kappa shape index (κ2) is 8.60. The SMILES string of the molecule is Cn1nc(/C=N/NC(N)=NCCCCc2c[nH]c3ccccc23)c2ccccc21. The summed E-state index contributed by atoms with van der Waals surface area (Å²) < 4.78 is 1.84. The van der Waals surface area contributed by atoms with Crippen molar-refractivity contribution in [3.05, 3.63) is 66.0 Å². The topological polar surface area (TPSA) is 96.4 Å². The molecule has 0 atom stereocenters. The number of rotatable bonds is 7. The molecule has 4 aromatic rings. The van der Waals surface area contributed by atoms with Crippen molar-refractivity contribution >= 4 is 34.0 Å². The van der Waals surface area contributed by atoms with E-state index in [0.717, 1.165) is 35.9 Å². The minimum absolute atomic E-state index is 0.314. The van der Waals surface area contributed by atoms with E-state index in [1.165, 1.54) is 16.5 Å². The summed E-state index contributed by atoms with van der Waals surface area (Å²) in [5.41, 5.74) is 13.1. The summed E-state index contributed by atoms with van der Waals surface area (Å²) in [4.78, 5) is 7.66. The van der Waals surface area contributed by atoms with Crippen molar-refractivity contribution in [2.75, 3.05) is 6.54 Å². The van der Waals surface area contributed by atoms with E-state index < -0.39 is 0 Å². The van der Waals surface area contributed by atoms with Gasteiger partial charge in [-0.15, -0.1) is 0 Å². The molecule has 2 aromatic carbocycles. The van der Waals surface area contributed by atoms with Gasteiger partial charge >= 0.3 is 0 Å². The fourth-order valence-electron chi connectivity index (χ4n) is 3.50. The lowest BCUT2D eigenvalue weighted by Gasteiger charge is -2.01. The Morgan fingerprint density at radius 2 is 1.93 bits per heavy atom. The van der Waals surface area contributed by atoms with Gasteiger partial charge in [-0.05, 0) is 37.0 Å². The van der Waals surface area contributed by atoms with Crippen LogP contribution >= 0.6 is 0 Å². The largest absolute Gasteiger partial charge is 0.369 e. The van der Waals surface area contributed by atoms with Gasteiger partial charge in [-0.2, -0.15) is 10.2 Å². The lowest BCUT2D eigenvalue weighted by molar-refractivity contribution is 0.744. The molecule has 2 aromatic heterocycles. The summed E-state index contributed by atoms with van der Waals surface area (Å²) >= 11 is 0. The van der Waals surface area contributed by atoms with Crippen LogP contribution < -0.4 is 11.2 Å². The average Bonchev–Trinajstić information content (AvgIpc) is 3.29. The molecular weight excluding hydrogens is 362 g/mol. The number of unbranched alkanes of at least 4 members (excludes halogenated alkanes) is 1. The van der Waals surface area contributed by atoms with Gasteiger partial charge in [0, 0.05) is 36.1 Å². The van der Waals surface area contributed by atoms with Gasteiger partial charge in [0.1, 0.15) is 5.69 Å². The number of hydrogen-bond acceptors (Lipinski definition) is 3. The molecule has 4 rings (SSSR count).